The lowest BCUT2D eigenvalue weighted by molar-refractivity contribution is 0.0998. The number of fused-ring (bicyclic) bond motifs is 1. The lowest BCUT2D eigenvalue weighted by atomic mass is 10.1. The van der Waals surface area contributed by atoms with Crippen LogP contribution in [0.2, 0.25) is 0 Å². The van der Waals surface area contributed by atoms with E-state index in [4.69, 9.17) is 10.2 Å². The Morgan fingerprint density at radius 2 is 1.95 bits per heavy atom. The van der Waals surface area contributed by atoms with Crippen molar-refractivity contribution >= 4 is 28.6 Å². The summed E-state index contributed by atoms with van der Waals surface area (Å²) in [4.78, 5) is 27.9. The number of nitrogens with two attached hydrogens (primary N) is 1. The summed E-state index contributed by atoms with van der Waals surface area (Å²) in [5.74, 6) is -0.963. The number of nitrogens with one attached hydrogen (secondary N) is 1. The molecule has 0 saturated heterocycles. The van der Waals surface area contributed by atoms with Gasteiger partial charge in [0.2, 0.25) is 0 Å². The molecular formula is C16H13N3O3. The third-order valence-corrected chi connectivity index (χ3v) is 3.18. The predicted molar refractivity (Wildman–Crippen MR) is 81.7 cm³/mol. The Kier molecular flexibility index (Phi) is 3.34. The molecule has 2 aromatic heterocycles. The summed E-state index contributed by atoms with van der Waals surface area (Å²) in [7, 11) is 0. The van der Waals surface area contributed by atoms with Crippen LogP contribution < -0.4 is 11.1 Å². The number of carbonyl (C=O) groups excluding carboxylic acids is 2. The van der Waals surface area contributed by atoms with Gasteiger partial charge in [0.1, 0.15) is 5.52 Å². The molecule has 0 aliphatic heterocycles. The average molecular weight is 295 g/mol. The maximum Gasteiger partial charge on any atom is 0.291 e. The molecule has 3 N–H and O–H groups in total. The maximum absolute atomic E-state index is 12.3. The number of anilines is 1. The van der Waals surface area contributed by atoms with Gasteiger partial charge in [0.25, 0.3) is 11.8 Å². The van der Waals surface area contributed by atoms with E-state index in [9.17, 15) is 9.59 Å². The van der Waals surface area contributed by atoms with Gasteiger partial charge in [0, 0.05) is 11.8 Å². The van der Waals surface area contributed by atoms with E-state index in [2.05, 4.69) is 10.3 Å². The van der Waals surface area contributed by atoms with Crippen LogP contribution >= 0.6 is 0 Å². The molecule has 0 saturated carbocycles. The summed E-state index contributed by atoms with van der Waals surface area (Å²) in [6.07, 6.45) is 0. The first-order valence-electron chi connectivity index (χ1n) is 6.62. The number of aryl methyl sites for hydroxylation is 1. The topological polar surface area (TPSA) is 98.2 Å². The predicted octanol–water partition coefficient (Wildman–Crippen LogP) is 2.49. The molecule has 3 aromatic rings. The average Bonchev–Trinajstić information content (AvgIpc) is 2.90. The number of pyridine rings is 1. The molecule has 0 aliphatic rings. The largest absolute Gasteiger partial charge is 0.449 e. The zero-order chi connectivity index (χ0) is 15.7. The molecule has 22 heavy (non-hydrogen) atoms. The zero-order valence-corrected chi connectivity index (χ0v) is 11.8. The van der Waals surface area contributed by atoms with Crippen LogP contribution in [0.1, 0.15) is 26.6 Å². The standard InChI is InChI=1S/C16H13N3O3/c1-9-6-7-13-12(18-9)8-14(22-13)16(21)19-11-5-3-2-4-10(11)15(17)20/h2-8H,1H3,(H2,17,20)(H,19,21). The van der Waals surface area contributed by atoms with Gasteiger partial charge in [-0.25, -0.2) is 4.98 Å². The van der Waals surface area contributed by atoms with Crippen LogP contribution in [0.4, 0.5) is 5.69 Å². The molecule has 3 rings (SSSR count). The van der Waals surface area contributed by atoms with Crippen LogP contribution in [0.25, 0.3) is 11.1 Å². The number of rotatable bonds is 3. The van der Waals surface area contributed by atoms with E-state index in [1.165, 1.54) is 0 Å². The van der Waals surface area contributed by atoms with Crippen molar-refractivity contribution in [3.63, 3.8) is 0 Å². The van der Waals surface area contributed by atoms with Gasteiger partial charge in [-0.1, -0.05) is 12.1 Å². The van der Waals surface area contributed by atoms with Crippen LogP contribution in [-0.2, 0) is 0 Å². The Bertz CT molecular complexity index is 883. The molecule has 2 heterocycles. The number of carbonyl (C=O) groups is 2. The highest BCUT2D eigenvalue weighted by atomic mass is 16.3. The molecule has 6 heteroatoms. The first-order chi connectivity index (χ1) is 10.5. The lowest BCUT2D eigenvalue weighted by Gasteiger charge is -2.06. The van der Waals surface area contributed by atoms with Crippen molar-refractivity contribution in [1.82, 2.24) is 4.98 Å². The molecule has 2 amide bonds. The van der Waals surface area contributed by atoms with Crippen molar-refractivity contribution in [2.75, 3.05) is 5.32 Å². The van der Waals surface area contributed by atoms with Crippen molar-refractivity contribution in [2.45, 2.75) is 6.92 Å². The summed E-state index contributed by atoms with van der Waals surface area (Å²) in [5, 5.41) is 2.62. The summed E-state index contributed by atoms with van der Waals surface area (Å²) in [5.41, 5.74) is 7.82. The summed E-state index contributed by atoms with van der Waals surface area (Å²) < 4.78 is 5.47. The van der Waals surface area contributed by atoms with E-state index < -0.39 is 11.8 Å². The summed E-state index contributed by atoms with van der Waals surface area (Å²) >= 11 is 0. The van der Waals surface area contributed by atoms with Crippen LogP contribution in [0, 0.1) is 6.92 Å². The van der Waals surface area contributed by atoms with E-state index >= 15 is 0 Å². The number of hydrogen-bond acceptors (Lipinski definition) is 4. The lowest BCUT2D eigenvalue weighted by Crippen LogP contribution is -2.17. The second kappa shape index (κ2) is 5.33. The van der Waals surface area contributed by atoms with E-state index in [0.717, 1.165) is 5.69 Å². The molecule has 110 valence electrons. The second-order valence-electron chi connectivity index (χ2n) is 4.81. The first kappa shape index (κ1) is 13.8. The molecule has 0 radical (unpaired) electrons. The number of nitrogens with zero attached hydrogens (tertiary/aromatic N) is 1. The van der Waals surface area contributed by atoms with Gasteiger partial charge < -0.3 is 15.5 Å². The fraction of sp³-hybridized carbons (Fsp3) is 0.0625. The van der Waals surface area contributed by atoms with Gasteiger partial charge in [0.15, 0.2) is 11.3 Å². The second-order valence-corrected chi connectivity index (χ2v) is 4.81. The number of primary amides is 1. The van der Waals surface area contributed by atoms with Crippen molar-refractivity contribution in [1.29, 1.82) is 0 Å². The van der Waals surface area contributed by atoms with Crippen molar-refractivity contribution < 1.29 is 14.0 Å². The number of benzene rings is 1. The third kappa shape index (κ3) is 2.54. The van der Waals surface area contributed by atoms with Gasteiger partial charge in [0.05, 0.1) is 11.3 Å². The Hall–Kier alpha value is -3.15. The minimum Gasteiger partial charge on any atom is -0.449 e. The van der Waals surface area contributed by atoms with E-state index in [1.807, 2.05) is 6.92 Å². The van der Waals surface area contributed by atoms with Crippen LogP contribution in [0.15, 0.2) is 46.9 Å². The minimum absolute atomic E-state index is 0.118. The molecular weight excluding hydrogens is 282 g/mol. The highest BCUT2D eigenvalue weighted by molar-refractivity contribution is 6.08. The maximum atomic E-state index is 12.3. The fourth-order valence-electron chi connectivity index (χ4n) is 2.13. The normalized spacial score (nSPS) is 10.6. The minimum atomic E-state index is -0.613. The van der Waals surface area contributed by atoms with Crippen LogP contribution in [0.3, 0.4) is 0 Å². The number of hydrogen-bond donors (Lipinski definition) is 2. The van der Waals surface area contributed by atoms with Gasteiger partial charge >= 0.3 is 0 Å². The molecule has 0 atom stereocenters. The number of aromatic nitrogens is 1. The Morgan fingerprint density at radius 1 is 1.18 bits per heavy atom. The molecule has 1 aromatic carbocycles. The van der Waals surface area contributed by atoms with Crippen LogP contribution in [0.5, 0.6) is 0 Å². The van der Waals surface area contributed by atoms with E-state index in [-0.39, 0.29) is 11.3 Å². The molecule has 0 fully saturated rings. The first-order valence-corrected chi connectivity index (χ1v) is 6.62. The summed E-state index contributed by atoms with van der Waals surface area (Å²) in [6.45, 7) is 1.86. The van der Waals surface area contributed by atoms with E-state index in [0.29, 0.717) is 16.8 Å². The Balaban J connectivity index is 1.92. The zero-order valence-electron chi connectivity index (χ0n) is 11.8. The fourth-order valence-corrected chi connectivity index (χ4v) is 2.13. The van der Waals surface area contributed by atoms with Gasteiger partial charge in [-0.05, 0) is 31.2 Å². The van der Waals surface area contributed by atoms with Gasteiger partial charge in [-0.15, -0.1) is 0 Å². The van der Waals surface area contributed by atoms with Gasteiger partial charge in [-0.3, -0.25) is 9.59 Å². The van der Waals surface area contributed by atoms with Crippen LogP contribution in [-0.4, -0.2) is 16.8 Å². The van der Waals surface area contributed by atoms with E-state index in [1.54, 1.807) is 42.5 Å². The highest BCUT2D eigenvalue weighted by Crippen LogP contribution is 2.20. The SMILES string of the molecule is Cc1ccc2oc(C(=O)Nc3ccccc3C(N)=O)cc2n1. The Morgan fingerprint density at radius 3 is 2.73 bits per heavy atom. The molecule has 0 aliphatic carbocycles. The molecule has 6 nitrogen and oxygen atoms in total. The van der Waals surface area contributed by atoms with Crippen molar-refractivity contribution in [2.24, 2.45) is 5.73 Å². The van der Waals surface area contributed by atoms with Crippen molar-refractivity contribution in [3.05, 3.63) is 59.5 Å². The summed E-state index contributed by atoms with van der Waals surface area (Å²) in [6, 6.07) is 11.6. The smallest absolute Gasteiger partial charge is 0.291 e. The number of furan rings is 1. The van der Waals surface area contributed by atoms with Crippen molar-refractivity contribution in [3.8, 4) is 0 Å². The van der Waals surface area contributed by atoms with Gasteiger partial charge in [-0.2, -0.15) is 0 Å². The quantitative estimate of drug-likeness (QED) is 0.775. The molecule has 0 bridgehead atoms. The Labute approximate surface area is 125 Å². The number of para-hydroxylation sites is 1. The molecule has 0 spiro atoms. The molecule has 0 unspecified atom stereocenters. The highest BCUT2D eigenvalue weighted by Gasteiger charge is 2.16. The monoisotopic (exact) mass is 295 g/mol. The number of amides is 2. The third-order valence-electron chi connectivity index (χ3n) is 3.18.